The number of hydrogen-bond donors (Lipinski definition) is 1. The van der Waals surface area contributed by atoms with Gasteiger partial charge in [-0.15, -0.1) is 0 Å². The van der Waals surface area contributed by atoms with Crippen molar-refractivity contribution in [2.75, 3.05) is 76.1 Å². The second kappa shape index (κ2) is 12.6. The Hall–Kier alpha value is -3.33. The molecule has 3 aromatic rings. The summed E-state index contributed by atoms with van der Waals surface area (Å²) < 4.78 is 2.20. The molecule has 0 fully saturated rings. The molecule has 0 aliphatic rings. The van der Waals surface area contributed by atoms with Crippen molar-refractivity contribution in [2.45, 2.75) is 33.6 Å². The molecule has 3 heterocycles. The van der Waals surface area contributed by atoms with E-state index in [1.165, 1.54) is 0 Å². The van der Waals surface area contributed by atoms with Crippen molar-refractivity contribution in [3.8, 4) is 0 Å². The lowest BCUT2D eigenvalue weighted by atomic mass is 10.3. The molecule has 196 valence electrons. The summed E-state index contributed by atoms with van der Waals surface area (Å²) in [4.78, 5) is 20.7. The zero-order valence-electron chi connectivity index (χ0n) is 23.1. The first-order chi connectivity index (χ1) is 17.3. The van der Waals surface area contributed by atoms with Crippen LogP contribution in [0.15, 0.2) is 37.2 Å². The quantitative estimate of drug-likeness (QED) is 0.358. The summed E-state index contributed by atoms with van der Waals surface area (Å²) in [5, 5.41) is 6.60. The average molecular weight is 494 g/mol. The molecule has 0 atom stereocenters. The molecule has 1 N–H and O–H groups in total. The van der Waals surface area contributed by atoms with E-state index < -0.39 is 0 Å². The topological polar surface area (TPSA) is 68.6 Å². The molecule has 0 saturated carbocycles. The first-order valence-electron chi connectivity index (χ1n) is 12.9. The van der Waals surface area contributed by atoms with Gasteiger partial charge in [0.15, 0.2) is 5.65 Å². The maximum Gasteiger partial charge on any atom is 0.230 e. The summed E-state index contributed by atoms with van der Waals surface area (Å²) in [6.45, 7) is 15.6. The summed E-state index contributed by atoms with van der Waals surface area (Å²) in [6.07, 6.45) is 6.02. The number of likely N-dealkylation sites (N-methyl/N-ethyl adjacent to an activating group) is 2. The van der Waals surface area contributed by atoms with E-state index in [4.69, 9.17) is 4.98 Å². The van der Waals surface area contributed by atoms with E-state index in [1.807, 2.05) is 37.5 Å². The van der Waals surface area contributed by atoms with Gasteiger partial charge >= 0.3 is 0 Å². The van der Waals surface area contributed by atoms with E-state index in [0.29, 0.717) is 5.95 Å². The fourth-order valence-electron chi connectivity index (χ4n) is 4.05. The van der Waals surface area contributed by atoms with E-state index in [1.54, 1.807) is 0 Å². The number of nitrogens with one attached hydrogen (secondary N) is 1. The van der Waals surface area contributed by atoms with Crippen molar-refractivity contribution in [3.05, 3.63) is 42.9 Å². The molecule has 3 rings (SSSR count). The second-order valence-corrected chi connectivity index (χ2v) is 9.46. The van der Waals surface area contributed by atoms with Crippen LogP contribution >= 0.6 is 0 Å². The zero-order valence-corrected chi connectivity index (χ0v) is 23.1. The minimum Gasteiger partial charge on any atom is -0.376 e. The van der Waals surface area contributed by atoms with E-state index in [9.17, 15) is 0 Å². The van der Waals surface area contributed by atoms with Crippen molar-refractivity contribution >= 4 is 34.2 Å². The van der Waals surface area contributed by atoms with Crippen LogP contribution in [0.5, 0.6) is 0 Å². The maximum absolute atomic E-state index is 4.92. The molecule has 3 aromatic heterocycles. The Bertz CT molecular complexity index is 1120. The first kappa shape index (κ1) is 27.3. The Kier molecular flexibility index (Phi) is 9.52. The van der Waals surface area contributed by atoms with Crippen molar-refractivity contribution in [3.63, 3.8) is 0 Å². The molecule has 9 nitrogen and oxygen atoms in total. The van der Waals surface area contributed by atoms with Crippen molar-refractivity contribution in [1.82, 2.24) is 29.4 Å². The van der Waals surface area contributed by atoms with Crippen LogP contribution in [0, 0.1) is 0 Å². The van der Waals surface area contributed by atoms with E-state index in [-0.39, 0.29) is 0 Å². The zero-order chi connectivity index (χ0) is 26.2. The molecule has 0 unspecified atom stereocenters. The Balaban J connectivity index is 1.91. The monoisotopic (exact) mass is 493 g/mol. The van der Waals surface area contributed by atoms with Gasteiger partial charge < -0.3 is 25.0 Å². The standard InChI is InChI=1S/C27H43N9/c1-9-12-15-35(11-3)36-24(21(4)33(7)8)18-22-19-29-27(31-26(22)36)30-25-14-13-23(20-28-25)34(10-2)17-16-32(5)6/h13-14,18-20H,4,9-12,15-17H2,1-3,5-8H3,(H,28,29,30,31). The van der Waals surface area contributed by atoms with Crippen LogP contribution in [0.1, 0.15) is 39.3 Å². The molecular weight excluding hydrogens is 450 g/mol. The molecule has 36 heavy (non-hydrogen) atoms. The highest BCUT2D eigenvalue weighted by atomic mass is 15.6. The Morgan fingerprint density at radius 3 is 2.33 bits per heavy atom. The smallest absolute Gasteiger partial charge is 0.230 e. The lowest BCUT2D eigenvalue weighted by Crippen LogP contribution is -2.37. The van der Waals surface area contributed by atoms with Gasteiger partial charge in [-0.1, -0.05) is 19.9 Å². The molecule has 0 radical (unpaired) electrons. The van der Waals surface area contributed by atoms with E-state index >= 15 is 0 Å². The van der Waals surface area contributed by atoms with Crippen LogP contribution in [-0.2, 0) is 0 Å². The van der Waals surface area contributed by atoms with Gasteiger partial charge in [0.1, 0.15) is 5.82 Å². The van der Waals surface area contributed by atoms with E-state index in [2.05, 4.69) is 88.3 Å². The highest BCUT2D eigenvalue weighted by molar-refractivity contribution is 5.83. The first-order valence-corrected chi connectivity index (χ1v) is 12.9. The van der Waals surface area contributed by atoms with Crippen molar-refractivity contribution in [1.29, 1.82) is 0 Å². The summed E-state index contributed by atoms with van der Waals surface area (Å²) >= 11 is 0. The second-order valence-electron chi connectivity index (χ2n) is 9.46. The number of rotatable bonds is 14. The number of nitrogens with zero attached hydrogens (tertiary/aromatic N) is 8. The molecule has 0 spiro atoms. The largest absolute Gasteiger partial charge is 0.376 e. The molecule has 0 aliphatic carbocycles. The minimum atomic E-state index is 0.524. The summed E-state index contributed by atoms with van der Waals surface area (Å²) in [7, 11) is 8.21. The number of aromatic nitrogens is 4. The van der Waals surface area contributed by atoms with Crippen molar-refractivity contribution < 1.29 is 0 Å². The SMILES string of the molecule is C=C(c1cc2cnc(Nc3ccc(N(CC)CCN(C)C)cn3)nc2n1N(CC)CCCC)N(C)C. The molecule has 9 heteroatoms. The Morgan fingerprint density at radius 2 is 1.75 bits per heavy atom. The third kappa shape index (κ3) is 6.46. The summed E-state index contributed by atoms with van der Waals surface area (Å²) in [6, 6.07) is 6.20. The highest BCUT2D eigenvalue weighted by Gasteiger charge is 2.19. The van der Waals surface area contributed by atoms with Crippen LogP contribution < -0.4 is 15.2 Å². The van der Waals surface area contributed by atoms with Gasteiger partial charge in [-0.3, -0.25) is 0 Å². The predicted molar refractivity (Wildman–Crippen MR) is 153 cm³/mol. The molecule has 0 aromatic carbocycles. The number of fused-ring (bicyclic) bond motifs is 1. The Labute approximate surface area is 216 Å². The van der Waals surface area contributed by atoms with Crippen LogP contribution in [0.4, 0.5) is 17.5 Å². The highest BCUT2D eigenvalue weighted by Crippen LogP contribution is 2.26. The number of anilines is 3. The average Bonchev–Trinajstić information content (AvgIpc) is 3.24. The van der Waals surface area contributed by atoms with Gasteiger partial charge in [-0.25, -0.2) is 14.6 Å². The normalized spacial score (nSPS) is 11.2. The summed E-state index contributed by atoms with van der Waals surface area (Å²) in [5.41, 5.74) is 3.93. The van der Waals surface area contributed by atoms with Crippen LogP contribution in [-0.4, -0.2) is 90.3 Å². The summed E-state index contributed by atoms with van der Waals surface area (Å²) in [5.74, 6) is 1.24. The van der Waals surface area contributed by atoms with Gasteiger partial charge in [0.2, 0.25) is 5.95 Å². The van der Waals surface area contributed by atoms with Gasteiger partial charge in [-0.05, 0) is 52.6 Å². The van der Waals surface area contributed by atoms with Gasteiger partial charge in [-0.2, -0.15) is 4.98 Å². The lowest BCUT2D eigenvalue weighted by Gasteiger charge is -2.29. The van der Waals surface area contributed by atoms with Gasteiger partial charge in [0.25, 0.3) is 0 Å². The molecule has 0 amide bonds. The third-order valence-corrected chi connectivity index (χ3v) is 6.32. The Morgan fingerprint density at radius 1 is 0.972 bits per heavy atom. The van der Waals surface area contributed by atoms with Crippen LogP contribution in [0.2, 0.25) is 0 Å². The van der Waals surface area contributed by atoms with Crippen LogP contribution in [0.25, 0.3) is 16.7 Å². The fraction of sp³-hybridized carbons (Fsp3) is 0.519. The lowest BCUT2D eigenvalue weighted by molar-refractivity contribution is 0.414. The molecular formula is C27H43N9. The number of unbranched alkanes of at least 4 members (excludes halogenated alkanes) is 1. The molecule has 0 bridgehead atoms. The maximum atomic E-state index is 4.92. The predicted octanol–water partition coefficient (Wildman–Crippen LogP) is 4.25. The van der Waals surface area contributed by atoms with Crippen molar-refractivity contribution in [2.24, 2.45) is 0 Å². The fourth-order valence-corrected chi connectivity index (χ4v) is 4.05. The van der Waals surface area contributed by atoms with E-state index in [0.717, 1.165) is 79.5 Å². The third-order valence-electron chi connectivity index (χ3n) is 6.32. The number of pyridine rings is 1. The molecule has 0 aliphatic heterocycles. The number of hydrogen-bond acceptors (Lipinski definition) is 8. The minimum absolute atomic E-state index is 0.524. The van der Waals surface area contributed by atoms with Gasteiger partial charge in [0.05, 0.1) is 23.3 Å². The molecule has 0 saturated heterocycles. The van der Waals surface area contributed by atoms with Gasteiger partial charge in [0, 0.05) is 58.4 Å². The van der Waals surface area contributed by atoms with Crippen LogP contribution in [0.3, 0.4) is 0 Å².